The fraction of sp³-hybridized carbons (Fsp3) is 0.333. The van der Waals surface area contributed by atoms with E-state index in [1.165, 1.54) is 0 Å². The van der Waals surface area contributed by atoms with Crippen LogP contribution in [0.2, 0.25) is 0 Å². The zero-order chi connectivity index (χ0) is 12.1. The maximum absolute atomic E-state index is 13.2. The van der Waals surface area contributed by atoms with Crippen LogP contribution in [0.25, 0.3) is 0 Å². The molecule has 0 fully saturated rings. The van der Waals surface area contributed by atoms with E-state index in [0.29, 0.717) is 18.6 Å². The second kappa shape index (κ2) is 5.57. The number of hydrogen-bond donors (Lipinski definition) is 1. The Balaban J connectivity index is 2.89. The van der Waals surface area contributed by atoms with Crippen molar-refractivity contribution in [1.82, 2.24) is 0 Å². The van der Waals surface area contributed by atoms with Gasteiger partial charge in [0.15, 0.2) is 0 Å². The molecule has 0 spiro atoms. The summed E-state index contributed by atoms with van der Waals surface area (Å²) in [6.45, 7) is 1.63. The Bertz CT molecular complexity index is 409. The summed E-state index contributed by atoms with van der Waals surface area (Å²) in [5, 5.41) is 9.53. The summed E-state index contributed by atoms with van der Waals surface area (Å²) in [6.07, 6.45) is -0.865. The topological polar surface area (TPSA) is 20.2 Å². The van der Waals surface area contributed by atoms with Gasteiger partial charge in [-0.2, -0.15) is 0 Å². The number of rotatable bonds is 3. The number of benzene rings is 1. The van der Waals surface area contributed by atoms with Crippen molar-refractivity contribution in [2.75, 3.05) is 0 Å². The fourth-order valence-corrected chi connectivity index (χ4v) is 1.35. The zero-order valence-corrected chi connectivity index (χ0v) is 8.73. The lowest BCUT2D eigenvalue weighted by molar-refractivity contribution is 0.159. The molecular weight excluding hydrogens is 217 g/mol. The third kappa shape index (κ3) is 3.01. The number of halogens is 3. The van der Waals surface area contributed by atoms with E-state index in [9.17, 15) is 18.3 Å². The normalized spacial score (nSPS) is 11.8. The number of hydrogen-bond acceptors (Lipinski definition) is 1. The van der Waals surface area contributed by atoms with Gasteiger partial charge in [0, 0.05) is 18.6 Å². The molecule has 0 aromatic heterocycles. The molecule has 4 heteroatoms. The van der Waals surface area contributed by atoms with Gasteiger partial charge in [-0.3, -0.25) is 0 Å². The highest BCUT2D eigenvalue weighted by Crippen LogP contribution is 2.25. The van der Waals surface area contributed by atoms with E-state index in [1.807, 2.05) is 0 Å². The Kier molecular flexibility index (Phi) is 4.39. The summed E-state index contributed by atoms with van der Waals surface area (Å²) in [6, 6.07) is 1.10. The highest BCUT2D eigenvalue weighted by molar-refractivity contribution is 5.23. The minimum Gasteiger partial charge on any atom is -0.388 e. The van der Waals surface area contributed by atoms with Crippen LogP contribution in [0.3, 0.4) is 0 Å². The van der Waals surface area contributed by atoms with Crippen LogP contribution in [0.1, 0.15) is 31.4 Å². The van der Waals surface area contributed by atoms with Crippen LogP contribution in [0.4, 0.5) is 13.2 Å². The van der Waals surface area contributed by atoms with Gasteiger partial charge >= 0.3 is 0 Å². The summed E-state index contributed by atoms with van der Waals surface area (Å²) in [5.74, 6) is 2.12. The van der Waals surface area contributed by atoms with Crippen molar-refractivity contribution in [3.8, 4) is 11.8 Å². The minimum atomic E-state index is -1.30. The zero-order valence-electron chi connectivity index (χ0n) is 8.73. The predicted molar refractivity (Wildman–Crippen MR) is 54.0 cm³/mol. The van der Waals surface area contributed by atoms with E-state index >= 15 is 0 Å². The third-order valence-corrected chi connectivity index (χ3v) is 2.10. The number of aliphatic hydroxyl groups is 1. The SMILES string of the molecule is CC#CCCC(O)c1c(F)cc(F)cc1F. The standard InChI is InChI=1S/C12H11F3O/c1-2-3-4-5-11(16)12-9(14)6-8(13)7-10(12)15/h6-7,11,16H,4-5H2,1H3. The van der Waals surface area contributed by atoms with E-state index in [-0.39, 0.29) is 6.42 Å². The molecule has 1 aromatic rings. The van der Waals surface area contributed by atoms with Gasteiger partial charge in [0.25, 0.3) is 0 Å². The highest BCUT2D eigenvalue weighted by atomic mass is 19.1. The molecule has 1 rings (SSSR count). The molecule has 0 radical (unpaired) electrons. The first-order valence-electron chi connectivity index (χ1n) is 4.78. The second-order valence-electron chi connectivity index (χ2n) is 3.26. The maximum atomic E-state index is 13.2. The fourth-order valence-electron chi connectivity index (χ4n) is 1.35. The van der Waals surface area contributed by atoms with Gasteiger partial charge in [-0.25, -0.2) is 13.2 Å². The molecule has 16 heavy (non-hydrogen) atoms. The van der Waals surface area contributed by atoms with Gasteiger partial charge in [-0.05, 0) is 13.3 Å². The highest BCUT2D eigenvalue weighted by Gasteiger charge is 2.18. The van der Waals surface area contributed by atoms with Crippen LogP contribution in [-0.2, 0) is 0 Å². The van der Waals surface area contributed by atoms with Crippen molar-refractivity contribution in [2.45, 2.75) is 25.9 Å². The molecule has 0 saturated carbocycles. The van der Waals surface area contributed by atoms with Crippen molar-refractivity contribution in [3.05, 3.63) is 35.1 Å². The van der Waals surface area contributed by atoms with Crippen molar-refractivity contribution in [3.63, 3.8) is 0 Å². The molecule has 0 heterocycles. The lowest BCUT2D eigenvalue weighted by Crippen LogP contribution is -2.05. The predicted octanol–water partition coefficient (Wildman–Crippen LogP) is 2.94. The second-order valence-corrected chi connectivity index (χ2v) is 3.26. The summed E-state index contributed by atoms with van der Waals surface area (Å²) in [4.78, 5) is 0. The molecule has 1 N–H and O–H groups in total. The lowest BCUT2D eigenvalue weighted by atomic mass is 10.0. The molecule has 0 amide bonds. The Morgan fingerprint density at radius 3 is 2.31 bits per heavy atom. The quantitative estimate of drug-likeness (QED) is 0.788. The molecule has 1 atom stereocenters. The Hall–Kier alpha value is -1.47. The Morgan fingerprint density at radius 1 is 1.25 bits per heavy atom. The molecule has 1 nitrogen and oxygen atoms in total. The Morgan fingerprint density at radius 2 is 1.81 bits per heavy atom. The number of aliphatic hydroxyl groups excluding tert-OH is 1. The van der Waals surface area contributed by atoms with Crippen LogP contribution in [0.5, 0.6) is 0 Å². The smallest absolute Gasteiger partial charge is 0.134 e. The van der Waals surface area contributed by atoms with Crippen LogP contribution >= 0.6 is 0 Å². The monoisotopic (exact) mass is 228 g/mol. The molecule has 0 saturated heterocycles. The van der Waals surface area contributed by atoms with Gasteiger partial charge in [0.1, 0.15) is 17.5 Å². The Labute approximate surface area is 91.9 Å². The van der Waals surface area contributed by atoms with Crippen LogP contribution < -0.4 is 0 Å². The average Bonchev–Trinajstić information content (AvgIpc) is 2.16. The molecule has 0 bridgehead atoms. The molecule has 0 aliphatic heterocycles. The van der Waals surface area contributed by atoms with Crippen LogP contribution in [0, 0.1) is 29.3 Å². The van der Waals surface area contributed by atoms with E-state index in [4.69, 9.17) is 0 Å². The molecule has 0 aliphatic carbocycles. The van der Waals surface area contributed by atoms with Gasteiger partial charge in [-0.15, -0.1) is 11.8 Å². The first-order chi connectivity index (χ1) is 7.56. The van der Waals surface area contributed by atoms with Crippen molar-refractivity contribution in [1.29, 1.82) is 0 Å². The van der Waals surface area contributed by atoms with E-state index in [2.05, 4.69) is 11.8 Å². The van der Waals surface area contributed by atoms with Gasteiger partial charge in [0.05, 0.1) is 11.7 Å². The molecule has 1 unspecified atom stereocenters. The summed E-state index contributed by atoms with van der Waals surface area (Å²) in [5.41, 5.74) is -0.501. The third-order valence-electron chi connectivity index (χ3n) is 2.10. The van der Waals surface area contributed by atoms with Crippen LogP contribution in [0.15, 0.2) is 12.1 Å². The molecule has 0 aliphatic rings. The van der Waals surface area contributed by atoms with Crippen LogP contribution in [-0.4, -0.2) is 5.11 Å². The molecule has 86 valence electrons. The van der Waals surface area contributed by atoms with E-state index in [0.717, 1.165) is 0 Å². The van der Waals surface area contributed by atoms with Gasteiger partial charge in [0.2, 0.25) is 0 Å². The summed E-state index contributed by atoms with van der Waals surface area (Å²) in [7, 11) is 0. The lowest BCUT2D eigenvalue weighted by Gasteiger charge is -2.11. The van der Waals surface area contributed by atoms with Crippen molar-refractivity contribution in [2.24, 2.45) is 0 Å². The van der Waals surface area contributed by atoms with Crippen molar-refractivity contribution >= 4 is 0 Å². The largest absolute Gasteiger partial charge is 0.388 e. The van der Waals surface area contributed by atoms with Crippen molar-refractivity contribution < 1.29 is 18.3 Å². The molecule has 1 aromatic carbocycles. The van der Waals surface area contributed by atoms with E-state index in [1.54, 1.807) is 6.92 Å². The minimum absolute atomic E-state index is 0.111. The first-order valence-corrected chi connectivity index (χ1v) is 4.78. The van der Waals surface area contributed by atoms with Gasteiger partial charge < -0.3 is 5.11 Å². The maximum Gasteiger partial charge on any atom is 0.134 e. The average molecular weight is 228 g/mol. The summed E-state index contributed by atoms with van der Waals surface area (Å²) < 4.78 is 39.0. The van der Waals surface area contributed by atoms with Gasteiger partial charge in [-0.1, -0.05) is 0 Å². The molecular formula is C12H11F3O. The summed E-state index contributed by atoms with van der Waals surface area (Å²) >= 11 is 0. The first kappa shape index (κ1) is 12.6. The van der Waals surface area contributed by atoms with E-state index < -0.39 is 29.1 Å².